The van der Waals surface area contributed by atoms with Crippen LogP contribution >= 0.6 is 0 Å². The van der Waals surface area contributed by atoms with Gasteiger partial charge in [0, 0.05) is 19.3 Å². The van der Waals surface area contributed by atoms with Crippen molar-refractivity contribution in [2.45, 2.75) is 297 Å². The highest BCUT2D eigenvalue weighted by Crippen LogP contribution is 2.15. The van der Waals surface area contributed by atoms with Gasteiger partial charge in [-0.3, -0.25) is 14.4 Å². The predicted octanol–water partition coefficient (Wildman–Crippen LogP) is 18.1. The molecule has 0 aromatic rings. The van der Waals surface area contributed by atoms with Crippen LogP contribution < -0.4 is 0 Å². The Balaban J connectivity index is 4.38. The van der Waals surface area contributed by atoms with Crippen LogP contribution in [0.15, 0.2) is 36.5 Å². The standard InChI is InChI=1S/C57H104O6/c1-4-7-10-13-16-19-22-25-28-31-34-37-40-43-46-49-55(58)61-52-54(63-57(60)51-48-45-42-39-36-33-30-27-24-21-18-15-12-9-6-3)53-62-56(59)50-47-44-41-38-35-32-29-26-23-20-17-14-11-8-5-2/h19-20,22-23,27,30,54H,4-18,21,24-26,28-29,31-53H2,1-3H3/b22-19-,23-20-,30-27-. The van der Waals surface area contributed by atoms with Crippen LogP contribution in [-0.2, 0) is 28.6 Å². The molecule has 0 aromatic carbocycles. The largest absolute Gasteiger partial charge is 0.462 e. The molecule has 0 spiro atoms. The lowest BCUT2D eigenvalue weighted by Crippen LogP contribution is -2.30. The first-order valence-corrected chi connectivity index (χ1v) is 27.5. The second kappa shape index (κ2) is 52.3. The third-order valence-corrected chi connectivity index (χ3v) is 12.1. The van der Waals surface area contributed by atoms with E-state index in [9.17, 15) is 14.4 Å². The third-order valence-electron chi connectivity index (χ3n) is 12.1. The quantitative estimate of drug-likeness (QED) is 0.0262. The molecule has 0 aromatic heterocycles. The normalized spacial score (nSPS) is 11.8. The number of hydrogen-bond acceptors (Lipinski definition) is 6. The molecule has 0 saturated heterocycles. The van der Waals surface area contributed by atoms with Crippen LogP contribution in [0.25, 0.3) is 0 Å². The summed E-state index contributed by atoms with van der Waals surface area (Å²) in [5.41, 5.74) is 0. The highest BCUT2D eigenvalue weighted by molar-refractivity contribution is 5.71. The van der Waals surface area contributed by atoms with Crippen molar-refractivity contribution in [3.8, 4) is 0 Å². The van der Waals surface area contributed by atoms with Gasteiger partial charge in [0.05, 0.1) is 0 Å². The van der Waals surface area contributed by atoms with Crippen molar-refractivity contribution in [1.29, 1.82) is 0 Å². The van der Waals surface area contributed by atoms with E-state index in [0.717, 1.165) is 64.2 Å². The predicted molar refractivity (Wildman–Crippen MR) is 270 cm³/mol. The lowest BCUT2D eigenvalue weighted by molar-refractivity contribution is -0.167. The Bertz CT molecular complexity index is 1010. The minimum atomic E-state index is -0.777. The van der Waals surface area contributed by atoms with Crippen LogP contribution in [-0.4, -0.2) is 37.2 Å². The molecule has 0 aliphatic rings. The highest BCUT2D eigenvalue weighted by atomic mass is 16.6. The fourth-order valence-electron chi connectivity index (χ4n) is 7.90. The van der Waals surface area contributed by atoms with Crippen molar-refractivity contribution in [2.24, 2.45) is 0 Å². The van der Waals surface area contributed by atoms with Gasteiger partial charge in [-0.2, -0.15) is 0 Å². The minimum Gasteiger partial charge on any atom is -0.462 e. The molecule has 0 amide bonds. The van der Waals surface area contributed by atoms with E-state index < -0.39 is 6.10 Å². The van der Waals surface area contributed by atoms with Crippen molar-refractivity contribution < 1.29 is 28.6 Å². The molecular weight excluding hydrogens is 781 g/mol. The first-order valence-electron chi connectivity index (χ1n) is 27.5. The molecule has 0 aliphatic heterocycles. The Morgan fingerprint density at radius 2 is 0.524 bits per heavy atom. The van der Waals surface area contributed by atoms with Crippen LogP contribution in [0.3, 0.4) is 0 Å². The molecule has 0 unspecified atom stereocenters. The zero-order valence-corrected chi connectivity index (χ0v) is 42.1. The van der Waals surface area contributed by atoms with E-state index in [1.54, 1.807) is 0 Å². The second-order valence-electron chi connectivity index (χ2n) is 18.5. The van der Waals surface area contributed by atoms with Gasteiger partial charge < -0.3 is 14.2 Å². The summed E-state index contributed by atoms with van der Waals surface area (Å²) in [6.45, 7) is 6.62. The summed E-state index contributed by atoms with van der Waals surface area (Å²) in [6, 6.07) is 0. The Kier molecular flexibility index (Phi) is 50.3. The van der Waals surface area contributed by atoms with Crippen molar-refractivity contribution in [3.63, 3.8) is 0 Å². The molecule has 0 heterocycles. The smallest absolute Gasteiger partial charge is 0.306 e. The van der Waals surface area contributed by atoms with E-state index in [1.165, 1.54) is 186 Å². The molecule has 0 N–H and O–H groups in total. The van der Waals surface area contributed by atoms with Gasteiger partial charge in [0.25, 0.3) is 0 Å². The van der Waals surface area contributed by atoms with E-state index >= 15 is 0 Å². The summed E-state index contributed by atoms with van der Waals surface area (Å²) in [5, 5.41) is 0. The molecule has 0 saturated carbocycles. The SMILES string of the molecule is CCCCCC/C=C\CCCCCCCCCC(=O)OCC(COC(=O)CCCCCCCCC/C=C\CCCCCC)OC(=O)CCCCCCC/C=C\CCCCCCCC. The molecule has 6 heteroatoms. The molecule has 63 heavy (non-hydrogen) atoms. The Labute approximate surface area is 391 Å². The molecule has 0 atom stereocenters. The summed E-state index contributed by atoms with van der Waals surface area (Å²) < 4.78 is 16.8. The number of rotatable bonds is 50. The van der Waals surface area contributed by atoms with Gasteiger partial charge >= 0.3 is 17.9 Å². The second-order valence-corrected chi connectivity index (χ2v) is 18.5. The van der Waals surface area contributed by atoms with Crippen LogP contribution in [0.5, 0.6) is 0 Å². The number of esters is 3. The van der Waals surface area contributed by atoms with Crippen LogP contribution in [0.2, 0.25) is 0 Å². The van der Waals surface area contributed by atoms with Crippen molar-refractivity contribution >= 4 is 17.9 Å². The molecular formula is C57H104O6. The van der Waals surface area contributed by atoms with E-state index in [-0.39, 0.29) is 31.1 Å². The number of carbonyl (C=O) groups excluding carboxylic acids is 3. The average molecular weight is 885 g/mol. The Morgan fingerprint density at radius 3 is 0.810 bits per heavy atom. The average Bonchev–Trinajstić information content (AvgIpc) is 3.28. The lowest BCUT2D eigenvalue weighted by atomic mass is 10.1. The maximum atomic E-state index is 12.8. The molecule has 6 nitrogen and oxygen atoms in total. The summed E-state index contributed by atoms with van der Waals surface area (Å²) in [7, 11) is 0. The van der Waals surface area contributed by atoms with E-state index in [2.05, 4.69) is 57.2 Å². The Morgan fingerprint density at radius 1 is 0.302 bits per heavy atom. The van der Waals surface area contributed by atoms with E-state index in [4.69, 9.17) is 14.2 Å². The van der Waals surface area contributed by atoms with Gasteiger partial charge in [-0.1, -0.05) is 211 Å². The van der Waals surface area contributed by atoms with Crippen molar-refractivity contribution in [3.05, 3.63) is 36.5 Å². The zero-order chi connectivity index (χ0) is 45.8. The van der Waals surface area contributed by atoms with Gasteiger partial charge in [-0.15, -0.1) is 0 Å². The molecule has 0 radical (unpaired) electrons. The highest BCUT2D eigenvalue weighted by Gasteiger charge is 2.19. The fraction of sp³-hybridized carbons (Fsp3) is 0.842. The first kappa shape index (κ1) is 60.6. The number of ether oxygens (including phenoxy) is 3. The number of carbonyl (C=O) groups is 3. The van der Waals surface area contributed by atoms with Crippen LogP contribution in [0, 0.1) is 0 Å². The summed E-state index contributed by atoms with van der Waals surface area (Å²) in [5.74, 6) is -0.882. The summed E-state index contributed by atoms with van der Waals surface area (Å²) in [4.78, 5) is 38.1. The van der Waals surface area contributed by atoms with Gasteiger partial charge in [0.1, 0.15) is 13.2 Å². The van der Waals surface area contributed by atoms with Crippen molar-refractivity contribution in [1.82, 2.24) is 0 Å². The van der Waals surface area contributed by atoms with E-state index in [0.29, 0.717) is 19.3 Å². The van der Waals surface area contributed by atoms with Gasteiger partial charge in [0.2, 0.25) is 0 Å². The Hall–Kier alpha value is -2.37. The van der Waals surface area contributed by atoms with Crippen LogP contribution in [0.4, 0.5) is 0 Å². The monoisotopic (exact) mass is 885 g/mol. The number of allylic oxidation sites excluding steroid dienone is 6. The van der Waals surface area contributed by atoms with E-state index in [1.807, 2.05) is 0 Å². The maximum absolute atomic E-state index is 12.8. The zero-order valence-electron chi connectivity index (χ0n) is 42.1. The maximum Gasteiger partial charge on any atom is 0.306 e. The molecule has 0 fully saturated rings. The molecule has 0 bridgehead atoms. The molecule has 368 valence electrons. The van der Waals surface area contributed by atoms with Crippen molar-refractivity contribution in [2.75, 3.05) is 13.2 Å². The number of hydrogen-bond donors (Lipinski definition) is 0. The molecule has 0 aliphatic carbocycles. The fourth-order valence-corrected chi connectivity index (χ4v) is 7.90. The van der Waals surface area contributed by atoms with Gasteiger partial charge in [-0.05, 0) is 96.3 Å². The number of unbranched alkanes of at least 4 members (excludes halogenated alkanes) is 33. The summed E-state index contributed by atoms with van der Waals surface area (Å²) in [6.07, 6.45) is 61.2. The third kappa shape index (κ3) is 50.5. The van der Waals surface area contributed by atoms with Gasteiger partial charge in [-0.25, -0.2) is 0 Å². The first-order chi connectivity index (χ1) is 31.0. The topological polar surface area (TPSA) is 78.9 Å². The van der Waals surface area contributed by atoms with Gasteiger partial charge in [0.15, 0.2) is 6.10 Å². The molecule has 0 rings (SSSR count). The minimum absolute atomic E-state index is 0.0772. The lowest BCUT2D eigenvalue weighted by Gasteiger charge is -2.18. The van der Waals surface area contributed by atoms with Crippen LogP contribution in [0.1, 0.15) is 290 Å². The summed E-state index contributed by atoms with van der Waals surface area (Å²) >= 11 is 0.